The Morgan fingerprint density at radius 1 is 1.36 bits per heavy atom. The molecule has 0 bridgehead atoms. The summed E-state index contributed by atoms with van der Waals surface area (Å²) in [6, 6.07) is 7.12. The van der Waals surface area contributed by atoms with Crippen molar-refractivity contribution in [2.45, 2.75) is 6.92 Å². The molecule has 22 heavy (non-hydrogen) atoms. The molecule has 0 atom stereocenters. The predicted octanol–water partition coefficient (Wildman–Crippen LogP) is 3.56. The zero-order valence-corrected chi connectivity index (χ0v) is 12.3. The van der Waals surface area contributed by atoms with Gasteiger partial charge in [-0.1, -0.05) is 18.2 Å². The highest BCUT2D eigenvalue weighted by Crippen LogP contribution is 2.29. The van der Waals surface area contributed by atoms with Crippen LogP contribution in [0, 0.1) is 6.57 Å². The van der Waals surface area contributed by atoms with Crippen LogP contribution < -0.4 is 5.32 Å². The normalized spacial score (nSPS) is 10.4. The minimum Gasteiger partial charge on any atom is -0.362 e. The maximum atomic E-state index is 11.0. The minimum atomic E-state index is -0.210. The molecule has 108 valence electrons. The number of fused-ring (bicyclic) bond motifs is 1. The van der Waals surface area contributed by atoms with Crippen molar-refractivity contribution in [1.82, 2.24) is 14.4 Å². The lowest BCUT2D eigenvalue weighted by Gasteiger charge is -2.06. The number of aromatic nitrogens is 3. The largest absolute Gasteiger partial charge is 0.362 e. The summed E-state index contributed by atoms with van der Waals surface area (Å²) >= 11 is 6.20. The molecule has 0 aliphatic carbocycles. The molecule has 0 aliphatic rings. The third-order valence-corrected chi connectivity index (χ3v) is 3.35. The quantitative estimate of drug-likeness (QED) is 0.581. The Hall–Kier alpha value is -2.91. The smallest absolute Gasteiger partial charge is 0.254 e. The Morgan fingerprint density at radius 3 is 2.86 bits per heavy atom. The number of hydrogen-bond acceptors (Lipinski definition) is 3. The summed E-state index contributed by atoms with van der Waals surface area (Å²) in [5, 5.41) is 2.85. The average Bonchev–Trinajstić information content (AvgIpc) is 2.89. The maximum absolute atomic E-state index is 11.0. The average molecular weight is 312 g/mol. The molecule has 6 nitrogen and oxygen atoms in total. The molecule has 0 radical (unpaired) electrons. The molecule has 0 aliphatic heterocycles. The van der Waals surface area contributed by atoms with Crippen LogP contribution in [0.4, 0.5) is 11.6 Å². The second-order valence-corrected chi connectivity index (χ2v) is 4.95. The molecule has 0 unspecified atom stereocenters. The van der Waals surface area contributed by atoms with Crippen LogP contribution in [0.3, 0.4) is 0 Å². The molecule has 7 heteroatoms. The highest BCUT2D eigenvalue weighted by molar-refractivity contribution is 6.32. The van der Waals surface area contributed by atoms with Gasteiger partial charge < -0.3 is 10.2 Å². The lowest BCUT2D eigenvalue weighted by atomic mass is 10.1. The number of pyridine rings is 2. The van der Waals surface area contributed by atoms with Crippen LogP contribution in [-0.4, -0.2) is 20.3 Å². The van der Waals surface area contributed by atoms with Gasteiger partial charge in [0.25, 0.3) is 5.82 Å². The van der Waals surface area contributed by atoms with Gasteiger partial charge in [0.15, 0.2) is 0 Å². The number of imidazole rings is 1. The van der Waals surface area contributed by atoms with Crippen molar-refractivity contribution in [3.05, 3.63) is 53.2 Å². The molecule has 0 spiro atoms. The van der Waals surface area contributed by atoms with Crippen molar-refractivity contribution < 1.29 is 4.79 Å². The van der Waals surface area contributed by atoms with Crippen molar-refractivity contribution in [3.63, 3.8) is 0 Å². The molecule has 0 saturated carbocycles. The number of amides is 1. The Bertz CT molecular complexity index is 925. The molecular weight excluding hydrogens is 302 g/mol. The first-order valence-corrected chi connectivity index (χ1v) is 6.75. The molecule has 3 heterocycles. The first kappa shape index (κ1) is 14.0. The van der Waals surface area contributed by atoms with E-state index >= 15 is 0 Å². The van der Waals surface area contributed by atoms with E-state index in [4.69, 9.17) is 18.2 Å². The molecule has 0 aromatic carbocycles. The highest BCUT2D eigenvalue weighted by Gasteiger charge is 2.11. The van der Waals surface area contributed by atoms with Crippen LogP contribution in [0.1, 0.15) is 6.92 Å². The van der Waals surface area contributed by atoms with E-state index in [0.717, 1.165) is 5.56 Å². The fraction of sp³-hybridized carbons (Fsp3) is 0.0667. The lowest BCUT2D eigenvalue weighted by molar-refractivity contribution is -0.114. The standard InChI is InChI=1S/C15H10ClN5O/c1-9(22)19-12-5-4-11(15(16)20-12)10-3-6-13-18-7-14(17-2)21(13)8-10/h3-8H,1H3,(H,19,20,22). The molecular formula is C15H10ClN5O. The van der Waals surface area contributed by atoms with Crippen LogP contribution in [0.5, 0.6) is 0 Å². The van der Waals surface area contributed by atoms with Gasteiger partial charge in [0.1, 0.15) is 11.0 Å². The fourth-order valence-corrected chi connectivity index (χ4v) is 2.37. The van der Waals surface area contributed by atoms with E-state index in [1.807, 2.05) is 12.1 Å². The van der Waals surface area contributed by atoms with Crippen LogP contribution in [0.15, 0.2) is 36.7 Å². The Balaban J connectivity index is 2.07. The third-order valence-electron chi connectivity index (χ3n) is 3.06. The number of hydrogen-bond donors (Lipinski definition) is 1. The van der Waals surface area contributed by atoms with Crippen molar-refractivity contribution in [3.8, 4) is 11.1 Å². The van der Waals surface area contributed by atoms with Gasteiger partial charge in [-0.15, -0.1) is 0 Å². The van der Waals surface area contributed by atoms with Gasteiger partial charge in [-0.3, -0.25) is 4.79 Å². The van der Waals surface area contributed by atoms with Crippen molar-refractivity contribution in [2.75, 3.05) is 5.32 Å². The SMILES string of the molecule is [C-]#[N+]c1cnc2ccc(-c3ccc(NC(C)=O)nc3Cl)cn12. The van der Waals surface area contributed by atoms with Gasteiger partial charge >= 0.3 is 0 Å². The van der Waals surface area contributed by atoms with Crippen LogP contribution in [0.2, 0.25) is 5.15 Å². The van der Waals surface area contributed by atoms with Gasteiger partial charge in [0, 0.05) is 24.1 Å². The van der Waals surface area contributed by atoms with Gasteiger partial charge in [0.05, 0.1) is 12.4 Å². The van der Waals surface area contributed by atoms with Gasteiger partial charge in [-0.25, -0.2) is 14.4 Å². The van der Waals surface area contributed by atoms with E-state index in [-0.39, 0.29) is 11.1 Å². The Morgan fingerprint density at radius 2 is 2.18 bits per heavy atom. The highest BCUT2D eigenvalue weighted by atomic mass is 35.5. The zero-order valence-electron chi connectivity index (χ0n) is 11.5. The fourth-order valence-electron chi connectivity index (χ4n) is 2.11. The van der Waals surface area contributed by atoms with Crippen molar-refractivity contribution in [1.29, 1.82) is 0 Å². The van der Waals surface area contributed by atoms with E-state index in [1.165, 1.54) is 13.1 Å². The summed E-state index contributed by atoms with van der Waals surface area (Å²) in [5.74, 6) is 0.612. The summed E-state index contributed by atoms with van der Waals surface area (Å²) in [4.78, 5) is 22.7. The first-order chi connectivity index (χ1) is 10.6. The third kappa shape index (κ3) is 2.50. The summed E-state index contributed by atoms with van der Waals surface area (Å²) in [6.07, 6.45) is 3.31. The summed E-state index contributed by atoms with van der Waals surface area (Å²) in [6.45, 7) is 8.54. The second kappa shape index (κ2) is 5.47. The number of carbonyl (C=O) groups is 1. The van der Waals surface area contributed by atoms with E-state index in [2.05, 4.69) is 20.1 Å². The molecule has 1 amide bonds. The van der Waals surface area contributed by atoms with Crippen molar-refractivity contribution >= 4 is 34.8 Å². The molecule has 1 N–H and O–H groups in total. The van der Waals surface area contributed by atoms with Crippen molar-refractivity contribution in [2.24, 2.45) is 0 Å². The molecule has 0 fully saturated rings. The van der Waals surface area contributed by atoms with Gasteiger partial charge in [-0.05, 0) is 18.2 Å². The summed E-state index contributed by atoms with van der Waals surface area (Å²) < 4.78 is 1.69. The summed E-state index contributed by atoms with van der Waals surface area (Å²) in [7, 11) is 0. The van der Waals surface area contributed by atoms with E-state index in [0.29, 0.717) is 22.8 Å². The number of nitrogens with zero attached hydrogens (tertiary/aromatic N) is 4. The number of carbonyl (C=O) groups excluding carboxylic acids is 1. The Labute approximate surface area is 131 Å². The molecule has 3 aromatic rings. The lowest BCUT2D eigenvalue weighted by Crippen LogP contribution is -2.07. The van der Waals surface area contributed by atoms with Crippen LogP contribution >= 0.6 is 11.6 Å². The molecule has 3 rings (SSSR count). The molecule has 3 aromatic heterocycles. The monoisotopic (exact) mass is 311 g/mol. The minimum absolute atomic E-state index is 0.210. The van der Waals surface area contributed by atoms with Gasteiger partial charge in [-0.2, -0.15) is 0 Å². The zero-order chi connectivity index (χ0) is 15.7. The van der Waals surface area contributed by atoms with Gasteiger partial charge in [0.2, 0.25) is 11.6 Å². The number of halogens is 1. The Kier molecular flexibility index (Phi) is 3.49. The molecule has 0 saturated heterocycles. The maximum Gasteiger partial charge on any atom is 0.254 e. The summed E-state index contributed by atoms with van der Waals surface area (Å²) in [5.41, 5.74) is 2.21. The number of rotatable bonds is 2. The topological polar surface area (TPSA) is 63.7 Å². The first-order valence-electron chi connectivity index (χ1n) is 6.37. The number of nitrogens with one attached hydrogen (secondary N) is 1. The van der Waals surface area contributed by atoms with E-state index in [9.17, 15) is 4.79 Å². The van der Waals surface area contributed by atoms with E-state index < -0.39 is 0 Å². The van der Waals surface area contributed by atoms with E-state index in [1.54, 1.807) is 22.7 Å². The van der Waals surface area contributed by atoms with Crippen LogP contribution in [0.25, 0.3) is 21.6 Å². The number of anilines is 1. The van der Waals surface area contributed by atoms with Crippen LogP contribution in [-0.2, 0) is 4.79 Å². The second-order valence-electron chi connectivity index (χ2n) is 4.59. The predicted molar refractivity (Wildman–Crippen MR) is 84.0 cm³/mol.